The minimum Gasteiger partial charge on any atom is -0.305 e. The molecule has 3 aliphatic heterocycles. The molecule has 0 aromatic carbocycles. The van der Waals surface area contributed by atoms with Crippen LogP contribution in [0, 0.1) is 0 Å². The quantitative estimate of drug-likeness (QED) is 0.739. The molecule has 3 unspecified atom stereocenters. The van der Waals surface area contributed by atoms with Gasteiger partial charge in [0.1, 0.15) is 0 Å². The molecule has 0 radical (unpaired) electrons. The van der Waals surface area contributed by atoms with Crippen LogP contribution in [0.25, 0.3) is 0 Å². The first-order valence-electron chi connectivity index (χ1n) is 7.96. The van der Waals surface area contributed by atoms with Gasteiger partial charge in [-0.05, 0) is 52.2 Å². The second kappa shape index (κ2) is 5.48. The molecule has 0 amide bonds. The number of likely N-dealkylation sites (tertiary alicyclic amines) is 1. The van der Waals surface area contributed by atoms with E-state index in [1.54, 1.807) is 0 Å². The molecule has 3 saturated heterocycles. The molecule has 0 aromatic heterocycles. The van der Waals surface area contributed by atoms with Crippen molar-refractivity contribution in [2.45, 2.75) is 57.2 Å². The van der Waals surface area contributed by atoms with Gasteiger partial charge in [0.25, 0.3) is 0 Å². The Kier molecular flexibility index (Phi) is 3.92. The van der Waals surface area contributed by atoms with Crippen molar-refractivity contribution in [1.82, 2.24) is 14.7 Å². The molecule has 0 N–H and O–H groups in total. The Morgan fingerprint density at radius 1 is 0.944 bits per heavy atom. The van der Waals surface area contributed by atoms with Crippen molar-refractivity contribution in [3.8, 4) is 0 Å². The molecule has 3 aliphatic rings. The van der Waals surface area contributed by atoms with E-state index >= 15 is 0 Å². The highest BCUT2D eigenvalue weighted by Gasteiger charge is 2.38. The van der Waals surface area contributed by atoms with Crippen molar-refractivity contribution in [2.75, 3.05) is 39.8 Å². The monoisotopic (exact) mass is 251 g/mol. The molecule has 104 valence electrons. The van der Waals surface area contributed by atoms with Crippen molar-refractivity contribution in [2.24, 2.45) is 0 Å². The van der Waals surface area contributed by atoms with E-state index in [0.29, 0.717) is 0 Å². The number of hydrogen-bond acceptors (Lipinski definition) is 3. The number of hydrogen-bond donors (Lipinski definition) is 0. The van der Waals surface area contributed by atoms with E-state index in [0.717, 1.165) is 18.1 Å². The fourth-order valence-electron chi connectivity index (χ4n) is 4.33. The Balaban J connectivity index is 1.68. The molecule has 3 heterocycles. The van der Waals surface area contributed by atoms with Crippen molar-refractivity contribution in [3.05, 3.63) is 0 Å². The molecule has 0 spiro atoms. The van der Waals surface area contributed by atoms with Crippen LogP contribution in [0.15, 0.2) is 0 Å². The average Bonchev–Trinajstić information content (AvgIpc) is 2.84. The first-order chi connectivity index (χ1) is 8.78. The molecule has 0 aromatic rings. The van der Waals surface area contributed by atoms with Crippen LogP contribution in [0.5, 0.6) is 0 Å². The van der Waals surface area contributed by atoms with Crippen LogP contribution in [0.4, 0.5) is 0 Å². The second-order valence-electron chi connectivity index (χ2n) is 6.61. The van der Waals surface area contributed by atoms with E-state index in [4.69, 9.17) is 0 Å². The third kappa shape index (κ3) is 2.45. The molecule has 0 aliphatic carbocycles. The standard InChI is InChI=1S/C15H29N3/c1-3-13-11-17-9-5-6-14(17)12-18(13)15-7-4-8-16(2)10-15/h13-15H,3-12H2,1-2H3. The minimum absolute atomic E-state index is 0.816. The third-order valence-corrected chi connectivity index (χ3v) is 5.37. The van der Waals surface area contributed by atoms with Gasteiger partial charge in [-0.3, -0.25) is 9.80 Å². The molecule has 3 atom stereocenters. The number of nitrogens with zero attached hydrogens (tertiary/aromatic N) is 3. The summed E-state index contributed by atoms with van der Waals surface area (Å²) in [6, 6.07) is 2.52. The third-order valence-electron chi connectivity index (χ3n) is 5.37. The number of rotatable bonds is 2. The highest BCUT2D eigenvalue weighted by atomic mass is 15.3. The van der Waals surface area contributed by atoms with Crippen LogP contribution in [0.2, 0.25) is 0 Å². The predicted octanol–water partition coefficient (Wildman–Crippen LogP) is 1.64. The summed E-state index contributed by atoms with van der Waals surface area (Å²) >= 11 is 0. The Morgan fingerprint density at radius 3 is 2.50 bits per heavy atom. The lowest BCUT2D eigenvalue weighted by Crippen LogP contribution is -2.61. The molecule has 3 fully saturated rings. The van der Waals surface area contributed by atoms with Crippen LogP contribution in [-0.4, -0.2) is 72.6 Å². The number of piperazine rings is 1. The van der Waals surface area contributed by atoms with E-state index in [1.165, 1.54) is 64.8 Å². The van der Waals surface area contributed by atoms with E-state index < -0.39 is 0 Å². The first kappa shape index (κ1) is 12.9. The van der Waals surface area contributed by atoms with Gasteiger partial charge < -0.3 is 4.90 Å². The lowest BCUT2D eigenvalue weighted by Gasteiger charge is -2.49. The number of piperidine rings is 1. The summed E-state index contributed by atoms with van der Waals surface area (Å²) in [7, 11) is 2.29. The molecule has 0 bridgehead atoms. The van der Waals surface area contributed by atoms with Crippen molar-refractivity contribution < 1.29 is 0 Å². The van der Waals surface area contributed by atoms with E-state index in [9.17, 15) is 0 Å². The van der Waals surface area contributed by atoms with Crippen LogP contribution in [0.3, 0.4) is 0 Å². The Labute approximate surface area is 112 Å². The molecule has 3 nitrogen and oxygen atoms in total. The summed E-state index contributed by atoms with van der Waals surface area (Å²) < 4.78 is 0. The van der Waals surface area contributed by atoms with Crippen molar-refractivity contribution in [3.63, 3.8) is 0 Å². The molecule has 18 heavy (non-hydrogen) atoms. The largest absolute Gasteiger partial charge is 0.305 e. The van der Waals surface area contributed by atoms with Gasteiger partial charge in [-0.2, -0.15) is 0 Å². The summed E-state index contributed by atoms with van der Waals surface area (Å²) in [5.41, 5.74) is 0. The molecule has 0 saturated carbocycles. The SMILES string of the molecule is CCC1CN2CCCC2CN1C1CCCN(C)C1. The zero-order valence-electron chi connectivity index (χ0n) is 12.1. The van der Waals surface area contributed by atoms with Gasteiger partial charge in [-0.25, -0.2) is 0 Å². The van der Waals surface area contributed by atoms with E-state index in [-0.39, 0.29) is 0 Å². The van der Waals surface area contributed by atoms with Gasteiger partial charge in [-0.1, -0.05) is 6.92 Å². The van der Waals surface area contributed by atoms with Crippen molar-refractivity contribution in [1.29, 1.82) is 0 Å². The minimum atomic E-state index is 0.816. The molecule has 3 heteroatoms. The summed E-state index contributed by atoms with van der Waals surface area (Å²) in [6.45, 7) is 9.01. The van der Waals surface area contributed by atoms with Gasteiger partial charge in [-0.15, -0.1) is 0 Å². The maximum Gasteiger partial charge on any atom is 0.0227 e. The summed E-state index contributed by atoms with van der Waals surface area (Å²) in [5, 5.41) is 0. The van der Waals surface area contributed by atoms with Crippen LogP contribution in [0.1, 0.15) is 39.0 Å². The summed E-state index contributed by atoms with van der Waals surface area (Å²) in [6.07, 6.45) is 7.01. The summed E-state index contributed by atoms with van der Waals surface area (Å²) in [4.78, 5) is 8.17. The first-order valence-corrected chi connectivity index (χ1v) is 7.96. The Bertz CT molecular complexity index is 281. The molecule has 3 rings (SSSR count). The smallest absolute Gasteiger partial charge is 0.0227 e. The number of likely N-dealkylation sites (N-methyl/N-ethyl adjacent to an activating group) is 1. The van der Waals surface area contributed by atoms with Crippen LogP contribution in [-0.2, 0) is 0 Å². The van der Waals surface area contributed by atoms with Gasteiger partial charge in [0.2, 0.25) is 0 Å². The fraction of sp³-hybridized carbons (Fsp3) is 1.00. The maximum atomic E-state index is 2.88. The molecular formula is C15H29N3. The average molecular weight is 251 g/mol. The number of fused-ring (bicyclic) bond motifs is 1. The maximum absolute atomic E-state index is 2.88. The van der Waals surface area contributed by atoms with Crippen LogP contribution < -0.4 is 0 Å². The zero-order chi connectivity index (χ0) is 12.5. The Hall–Kier alpha value is -0.120. The fourth-order valence-corrected chi connectivity index (χ4v) is 4.33. The van der Waals surface area contributed by atoms with E-state index in [2.05, 4.69) is 28.7 Å². The van der Waals surface area contributed by atoms with Gasteiger partial charge in [0, 0.05) is 37.8 Å². The Morgan fingerprint density at radius 2 is 1.72 bits per heavy atom. The zero-order valence-corrected chi connectivity index (χ0v) is 12.1. The molecular weight excluding hydrogens is 222 g/mol. The van der Waals surface area contributed by atoms with E-state index in [1.807, 2.05) is 0 Å². The van der Waals surface area contributed by atoms with Gasteiger partial charge in [0.05, 0.1) is 0 Å². The lowest BCUT2D eigenvalue weighted by atomic mass is 9.97. The lowest BCUT2D eigenvalue weighted by molar-refractivity contribution is -0.00332. The normalized spacial score (nSPS) is 40.0. The van der Waals surface area contributed by atoms with Crippen molar-refractivity contribution >= 4 is 0 Å². The highest BCUT2D eigenvalue weighted by Crippen LogP contribution is 2.29. The predicted molar refractivity (Wildman–Crippen MR) is 75.9 cm³/mol. The van der Waals surface area contributed by atoms with Gasteiger partial charge >= 0.3 is 0 Å². The topological polar surface area (TPSA) is 9.72 Å². The second-order valence-corrected chi connectivity index (χ2v) is 6.61. The van der Waals surface area contributed by atoms with Crippen LogP contribution >= 0.6 is 0 Å². The summed E-state index contributed by atoms with van der Waals surface area (Å²) in [5.74, 6) is 0. The van der Waals surface area contributed by atoms with Gasteiger partial charge in [0.15, 0.2) is 0 Å². The highest BCUT2D eigenvalue weighted by molar-refractivity contribution is 4.95.